The van der Waals surface area contributed by atoms with Crippen molar-refractivity contribution < 1.29 is 14.3 Å². The number of carbonyl (C=O) groups is 2. The molecule has 7 nitrogen and oxygen atoms in total. The molecule has 0 unspecified atom stereocenters. The Morgan fingerprint density at radius 3 is 2.44 bits per heavy atom. The molecule has 0 aliphatic rings. The third-order valence-corrected chi connectivity index (χ3v) is 3.91. The molecular weight excluding hydrogens is 368 g/mol. The summed E-state index contributed by atoms with van der Waals surface area (Å²) in [5.41, 5.74) is 0.934. The molecule has 2 heterocycles. The standard InChI is InChI=1S/C19H15ClN4O3/c1-27-19(26)16-9-8-15(22-23-16)18(25)24(17-7-2-3-10-21-17)12-13-5-4-6-14(20)11-13/h2-11H,12H2,1H3. The van der Waals surface area contributed by atoms with Gasteiger partial charge in [-0.05, 0) is 42.0 Å². The van der Waals surface area contributed by atoms with Gasteiger partial charge in [-0.3, -0.25) is 9.69 Å². The second-order valence-electron chi connectivity index (χ2n) is 5.50. The molecule has 2 aromatic heterocycles. The van der Waals surface area contributed by atoms with Crippen molar-refractivity contribution in [2.45, 2.75) is 6.54 Å². The monoisotopic (exact) mass is 382 g/mol. The Bertz CT molecular complexity index is 949. The van der Waals surface area contributed by atoms with Crippen LogP contribution in [0.15, 0.2) is 60.8 Å². The number of amides is 1. The molecule has 0 bridgehead atoms. The number of hydrogen-bond donors (Lipinski definition) is 0. The zero-order valence-corrected chi connectivity index (χ0v) is 15.1. The molecule has 136 valence electrons. The molecule has 0 fully saturated rings. The first-order chi connectivity index (χ1) is 13.1. The molecule has 0 aliphatic carbocycles. The van der Waals surface area contributed by atoms with Crippen LogP contribution >= 0.6 is 11.6 Å². The van der Waals surface area contributed by atoms with Gasteiger partial charge in [-0.15, -0.1) is 10.2 Å². The molecule has 0 radical (unpaired) electrons. The highest BCUT2D eigenvalue weighted by Gasteiger charge is 2.21. The SMILES string of the molecule is COC(=O)c1ccc(C(=O)N(Cc2cccc(Cl)c2)c2ccccn2)nn1. The minimum absolute atomic E-state index is 0.0216. The molecule has 1 amide bonds. The van der Waals surface area contributed by atoms with Gasteiger partial charge in [0.2, 0.25) is 0 Å². The lowest BCUT2D eigenvalue weighted by Crippen LogP contribution is -2.32. The Balaban J connectivity index is 1.92. The Morgan fingerprint density at radius 1 is 1.04 bits per heavy atom. The summed E-state index contributed by atoms with van der Waals surface area (Å²) in [5.74, 6) is -0.569. The van der Waals surface area contributed by atoms with Gasteiger partial charge in [-0.1, -0.05) is 29.8 Å². The fourth-order valence-electron chi connectivity index (χ4n) is 2.39. The Hall–Kier alpha value is -3.32. The van der Waals surface area contributed by atoms with Crippen LogP contribution in [0.4, 0.5) is 5.82 Å². The van der Waals surface area contributed by atoms with E-state index in [1.807, 2.05) is 12.1 Å². The zero-order chi connectivity index (χ0) is 19.2. The third kappa shape index (κ3) is 4.45. The number of ether oxygens (including phenoxy) is 1. The van der Waals surface area contributed by atoms with Crippen molar-refractivity contribution in [1.82, 2.24) is 15.2 Å². The number of anilines is 1. The van der Waals surface area contributed by atoms with Crippen LogP contribution in [0.25, 0.3) is 0 Å². The number of carbonyl (C=O) groups excluding carboxylic acids is 2. The van der Waals surface area contributed by atoms with Crippen LogP contribution in [0.5, 0.6) is 0 Å². The Labute approximate surface area is 160 Å². The normalized spacial score (nSPS) is 10.3. The van der Waals surface area contributed by atoms with Gasteiger partial charge in [0, 0.05) is 11.2 Å². The lowest BCUT2D eigenvalue weighted by Gasteiger charge is -2.21. The average Bonchev–Trinajstić information content (AvgIpc) is 2.72. The highest BCUT2D eigenvalue weighted by molar-refractivity contribution is 6.30. The number of hydrogen-bond acceptors (Lipinski definition) is 6. The van der Waals surface area contributed by atoms with E-state index < -0.39 is 11.9 Å². The van der Waals surface area contributed by atoms with Gasteiger partial charge in [0.05, 0.1) is 13.7 Å². The van der Waals surface area contributed by atoms with E-state index in [2.05, 4.69) is 19.9 Å². The molecule has 0 saturated carbocycles. The average molecular weight is 383 g/mol. The maximum atomic E-state index is 13.0. The van der Waals surface area contributed by atoms with Crippen molar-refractivity contribution in [3.8, 4) is 0 Å². The smallest absolute Gasteiger partial charge is 0.358 e. The summed E-state index contributed by atoms with van der Waals surface area (Å²) in [6.45, 7) is 0.247. The molecule has 0 spiro atoms. The van der Waals surface area contributed by atoms with Gasteiger partial charge in [-0.2, -0.15) is 0 Å². The lowest BCUT2D eigenvalue weighted by atomic mass is 10.2. The van der Waals surface area contributed by atoms with Gasteiger partial charge in [0.25, 0.3) is 5.91 Å². The summed E-state index contributed by atoms with van der Waals surface area (Å²) in [5, 5.41) is 8.18. The van der Waals surface area contributed by atoms with E-state index in [0.717, 1.165) is 5.56 Å². The number of nitrogens with zero attached hydrogens (tertiary/aromatic N) is 4. The van der Waals surface area contributed by atoms with E-state index in [0.29, 0.717) is 10.8 Å². The summed E-state index contributed by atoms with van der Waals surface area (Å²) >= 11 is 6.05. The van der Waals surface area contributed by atoms with Crippen LogP contribution in [0, 0.1) is 0 Å². The molecule has 8 heteroatoms. The summed E-state index contributed by atoms with van der Waals surface area (Å²) in [6, 6.07) is 15.3. The molecular formula is C19H15ClN4O3. The van der Waals surface area contributed by atoms with Crippen LogP contribution in [-0.2, 0) is 11.3 Å². The van der Waals surface area contributed by atoms with Crippen molar-refractivity contribution in [3.05, 3.63) is 82.8 Å². The lowest BCUT2D eigenvalue weighted by molar-refractivity contribution is 0.0592. The predicted octanol–water partition coefficient (Wildman–Crippen LogP) is 3.16. The number of pyridine rings is 1. The first-order valence-electron chi connectivity index (χ1n) is 7.98. The summed E-state index contributed by atoms with van der Waals surface area (Å²) in [4.78, 5) is 30.2. The molecule has 27 heavy (non-hydrogen) atoms. The molecule has 0 N–H and O–H groups in total. The maximum absolute atomic E-state index is 13.0. The van der Waals surface area contributed by atoms with E-state index in [9.17, 15) is 9.59 Å². The van der Waals surface area contributed by atoms with Gasteiger partial charge < -0.3 is 4.74 Å². The summed E-state index contributed by atoms with van der Waals surface area (Å²) in [6.07, 6.45) is 1.60. The molecule has 0 saturated heterocycles. The topological polar surface area (TPSA) is 85.3 Å². The first kappa shape index (κ1) is 18.5. The van der Waals surface area contributed by atoms with E-state index >= 15 is 0 Å². The Kier molecular flexibility index (Phi) is 5.73. The van der Waals surface area contributed by atoms with Crippen molar-refractivity contribution in [3.63, 3.8) is 0 Å². The van der Waals surface area contributed by atoms with Gasteiger partial charge in [0.15, 0.2) is 11.4 Å². The van der Waals surface area contributed by atoms with Crippen molar-refractivity contribution in [1.29, 1.82) is 0 Å². The van der Waals surface area contributed by atoms with E-state index in [4.69, 9.17) is 11.6 Å². The number of esters is 1. The molecule has 0 aliphatic heterocycles. The maximum Gasteiger partial charge on any atom is 0.358 e. The number of benzene rings is 1. The summed E-state index contributed by atoms with van der Waals surface area (Å²) < 4.78 is 4.58. The van der Waals surface area contributed by atoms with Crippen LogP contribution in [-0.4, -0.2) is 34.2 Å². The molecule has 3 rings (SSSR count). The molecule has 0 atom stereocenters. The van der Waals surface area contributed by atoms with Gasteiger partial charge >= 0.3 is 5.97 Å². The van der Waals surface area contributed by atoms with Gasteiger partial charge in [0.1, 0.15) is 5.82 Å². The first-order valence-corrected chi connectivity index (χ1v) is 8.35. The van der Waals surface area contributed by atoms with Gasteiger partial charge in [-0.25, -0.2) is 9.78 Å². The number of methoxy groups -OCH3 is 1. The highest BCUT2D eigenvalue weighted by atomic mass is 35.5. The predicted molar refractivity (Wildman–Crippen MR) is 99.6 cm³/mol. The van der Waals surface area contributed by atoms with Crippen LogP contribution < -0.4 is 4.90 Å². The van der Waals surface area contributed by atoms with E-state index in [1.165, 1.54) is 24.1 Å². The third-order valence-electron chi connectivity index (χ3n) is 3.68. The quantitative estimate of drug-likeness (QED) is 0.630. The molecule has 3 aromatic rings. The zero-order valence-electron chi connectivity index (χ0n) is 14.4. The fraction of sp³-hybridized carbons (Fsp3) is 0.105. The second-order valence-corrected chi connectivity index (χ2v) is 5.94. The minimum Gasteiger partial charge on any atom is -0.464 e. The summed E-state index contributed by atoms with van der Waals surface area (Å²) in [7, 11) is 1.25. The van der Waals surface area contributed by atoms with Crippen molar-refractivity contribution in [2.24, 2.45) is 0 Å². The number of halogens is 1. The van der Waals surface area contributed by atoms with Crippen molar-refractivity contribution >= 4 is 29.3 Å². The minimum atomic E-state index is -0.623. The van der Waals surface area contributed by atoms with E-state index in [-0.39, 0.29) is 17.9 Å². The van der Waals surface area contributed by atoms with Crippen LogP contribution in [0.3, 0.4) is 0 Å². The van der Waals surface area contributed by atoms with Crippen LogP contribution in [0.2, 0.25) is 5.02 Å². The fourth-order valence-corrected chi connectivity index (χ4v) is 2.60. The van der Waals surface area contributed by atoms with Crippen LogP contribution in [0.1, 0.15) is 26.5 Å². The van der Waals surface area contributed by atoms with Crippen molar-refractivity contribution in [2.75, 3.05) is 12.0 Å². The second kappa shape index (κ2) is 8.37. The Morgan fingerprint density at radius 2 is 1.81 bits per heavy atom. The van der Waals surface area contributed by atoms with E-state index in [1.54, 1.807) is 36.5 Å². The molecule has 1 aromatic carbocycles. The number of aromatic nitrogens is 3. The largest absolute Gasteiger partial charge is 0.464 e. The highest BCUT2D eigenvalue weighted by Crippen LogP contribution is 2.19. The number of rotatable bonds is 5.